The normalized spacial score (nSPS) is 17.2. The lowest BCUT2D eigenvalue weighted by Crippen LogP contribution is -2.38. The van der Waals surface area contributed by atoms with Gasteiger partial charge in [0.2, 0.25) is 0 Å². The summed E-state index contributed by atoms with van der Waals surface area (Å²) in [7, 11) is 1.76. The number of hydrogen-bond donors (Lipinski definition) is 1. The molecule has 0 amide bonds. The van der Waals surface area contributed by atoms with Gasteiger partial charge in [-0.25, -0.2) is 4.98 Å². The van der Waals surface area contributed by atoms with Gasteiger partial charge in [-0.2, -0.15) is 13.2 Å². The summed E-state index contributed by atoms with van der Waals surface area (Å²) in [4.78, 5) is 5.56. The number of aromatic nitrogens is 1. The molecule has 0 aromatic carbocycles. The van der Waals surface area contributed by atoms with E-state index >= 15 is 0 Å². The molecule has 2 heterocycles. The van der Waals surface area contributed by atoms with E-state index in [0.717, 1.165) is 18.9 Å². The van der Waals surface area contributed by atoms with Crippen LogP contribution in [0.4, 0.5) is 19.0 Å². The number of anilines is 1. The van der Waals surface area contributed by atoms with Gasteiger partial charge in [-0.3, -0.25) is 0 Å². The molecule has 2 rings (SSSR count). The minimum absolute atomic E-state index is 0.130. The highest BCUT2D eigenvalue weighted by Gasteiger charge is 2.34. The minimum atomic E-state index is -4.45. The number of nitrogens with zero attached hydrogens (tertiary/aromatic N) is 2. The van der Waals surface area contributed by atoms with Crippen molar-refractivity contribution in [1.82, 2.24) is 4.98 Å². The molecule has 20 heavy (non-hydrogen) atoms. The largest absolute Gasteiger partial charge is 0.433 e. The SMILES string of the molecule is CN(c1nc(C(F)(F)F)ccc1CN)C1CCOCC1. The second kappa shape index (κ2) is 5.97. The quantitative estimate of drug-likeness (QED) is 0.926. The number of halogens is 3. The van der Waals surface area contributed by atoms with Gasteiger partial charge in [0, 0.05) is 38.4 Å². The van der Waals surface area contributed by atoms with Gasteiger partial charge in [0.1, 0.15) is 11.5 Å². The smallest absolute Gasteiger partial charge is 0.381 e. The maximum atomic E-state index is 12.8. The molecule has 1 saturated heterocycles. The van der Waals surface area contributed by atoms with Crippen molar-refractivity contribution in [2.75, 3.05) is 25.2 Å². The fraction of sp³-hybridized carbons (Fsp3) is 0.615. The van der Waals surface area contributed by atoms with Crippen molar-refractivity contribution in [2.45, 2.75) is 31.6 Å². The van der Waals surface area contributed by atoms with Crippen LogP contribution in [0.1, 0.15) is 24.1 Å². The van der Waals surface area contributed by atoms with E-state index in [9.17, 15) is 13.2 Å². The lowest BCUT2D eigenvalue weighted by Gasteiger charge is -2.33. The molecule has 0 spiro atoms. The van der Waals surface area contributed by atoms with Crippen LogP contribution in [-0.4, -0.2) is 31.3 Å². The van der Waals surface area contributed by atoms with Gasteiger partial charge in [-0.05, 0) is 18.9 Å². The van der Waals surface area contributed by atoms with Crippen molar-refractivity contribution in [3.8, 4) is 0 Å². The first-order valence-electron chi connectivity index (χ1n) is 6.51. The Morgan fingerprint density at radius 1 is 1.35 bits per heavy atom. The average molecular weight is 289 g/mol. The summed E-state index contributed by atoms with van der Waals surface area (Å²) in [5, 5.41) is 0. The van der Waals surface area contributed by atoms with Crippen LogP contribution < -0.4 is 10.6 Å². The first-order valence-corrected chi connectivity index (χ1v) is 6.51. The fourth-order valence-corrected chi connectivity index (χ4v) is 2.35. The Morgan fingerprint density at radius 2 is 2.00 bits per heavy atom. The topological polar surface area (TPSA) is 51.4 Å². The molecular formula is C13H18F3N3O. The summed E-state index contributed by atoms with van der Waals surface area (Å²) >= 11 is 0. The molecule has 0 saturated carbocycles. The Morgan fingerprint density at radius 3 is 2.55 bits per heavy atom. The molecule has 0 radical (unpaired) electrons. The van der Waals surface area contributed by atoms with E-state index in [-0.39, 0.29) is 12.6 Å². The lowest BCUT2D eigenvalue weighted by atomic mass is 10.1. The van der Waals surface area contributed by atoms with E-state index in [1.165, 1.54) is 6.07 Å². The standard InChI is InChI=1S/C13H18F3N3O/c1-19(10-4-6-20-7-5-10)12-9(8-17)2-3-11(18-12)13(14,15)16/h2-3,10H,4-8,17H2,1H3. The zero-order valence-electron chi connectivity index (χ0n) is 11.3. The van der Waals surface area contributed by atoms with Gasteiger partial charge in [0.15, 0.2) is 0 Å². The number of nitrogens with two attached hydrogens (primary N) is 1. The molecule has 1 aliphatic rings. The summed E-state index contributed by atoms with van der Waals surface area (Å²) in [5.41, 5.74) is 5.34. The molecule has 112 valence electrons. The Kier molecular flexibility index (Phi) is 4.49. The van der Waals surface area contributed by atoms with Crippen molar-refractivity contribution < 1.29 is 17.9 Å². The number of rotatable bonds is 3. The van der Waals surface area contributed by atoms with Gasteiger partial charge in [0.25, 0.3) is 0 Å². The third-order valence-electron chi connectivity index (χ3n) is 3.54. The number of hydrogen-bond acceptors (Lipinski definition) is 4. The first-order chi connectivity index (χ1) is 9.43. The summed E-state index contributed by atoms with van der Waals surface area (Å²) in [6, 6.07) is 2.51. The predicted octanol–water partition coefficient (Wildman–Crippen LogP) is 2.17. The zero-order valence-corrected chi connectivity index (χ0v) is 11.3. The van der Waals surface area contributed by atoms with Crippen molar-refractivity contribution >= 4 is 5.82 Å². The highest BCUT2D eigenvalue weighted by molar-refractivity contribution is 5.48. The third-order valence-corrected chi connectivity index (χ3v) is 3.54. The molecule has 4 nitrogen and oxygen atoms in total. The third kappa shape index (κ3) is 3.21. The predicted molar refractivity (Wildman–Crippen MR) is 69.4 cm³/mol. The van der Waals surface area contributed by atoms with Crippen molar-refractivity contribution in [3.05, 3.63) is 23.4 Å². The molecule has 0 aliphatic carbocycles. The van der Waals surface area contributed by atoms with Crippen LogP contribution in [0.25, 0.3) is 0 Å². The van der Waals surface area contributed by atoms with Gasteiger partial charge in [-0.15, -0.1) is 0 Å². The molecule has 0 bridgehead atoms. The summed E-state index contributed by atoms with van der Waals surface area (Å²) in [6.07, 6.45) is -2.89. The van der Waals surface area contributed by atoms with Gasteiger partial charge in [-0.1, -0.05) is 6.07 Å². The van der Waals surface area contributed by atoms with E-state index in [2.05, 4.69) is 4.98 Å². The van der Waals surface area contributed by atoms with E-state index in [0.29, 0.717) is 24.6 Å². The summed E-state index contributed by atoms with van der Waals surface area (Å²) < 4.78 is 43.6. The Labute approximate surface area is 115 Å². The van der Waals surface area contributed by atoms with Crippen LogP contribution in [0, 0.1) is 0 Å². The lowest BCUT2D eigenvalue weighted by molar-refractivity contribution is -0.141. The van der Waals surface area contributed by atoms with Crippen LogP contribution in [0.2, 0.25) is 0 Å². The summed E-state index contributed by atoms with van der Waals surface area (Å²) in [6.45, 7) is 1.39. The van der Waals surface area contributed by atoms with Gasteiger partial charge < -0.3 is 15.4 Å². The van der Waals surface area contributed by atoms with E-state index in [1.54, 1.807) is 11.9 Å². The van der Waals surface area contributed by atoms with Crippen molar-refractivity contribution in [2.24, 2.45) is 5.73 Å². The maximum absolute atomic E-state index is 12.8. The molecule has 0 unspecified atom stereocenters. The van der Waals surface area contributed by atoms with E-state index in [1.807, 2.05) is 0 Å². The summed E-state index contributed by atoms with van der Waals surface area (Å²) in [5.74, 6) is 0.314. The fourth-order valence-electron chi connectivity index (χ4n) is 2.35. The monoisotopic (exact) mass is 289 g/mol. The second-order valence-corrected chi connectivity index (χ2v) is 4.84. The Balaban J connectivity index is 2.32. The molecule has 1 aromatic rings. The second-order valence-electron chi connectivity index (χ2n) is 4.84. The molecule has 2 N–H and O–H groups in total. The average Bonchev–Trinajstić information content (AvgIpc) is 2.45. The molecule has 1 fully saturated rings. The van der Waals surface area contributed by atoms with Crippen molar-refractivity contribution in [1.29, 1.82) is 0 Å². The molecule has 7 heteroatoms. The number of pyridine rings is 1. The van der Waals surface area contributed by atoms with Crippen molar-refractivity contribution in [3.63, 3.8) is 0 Å². The highest BCUT2D eigenvalue weighted by atomic mass is 19.4. The number of alkyl halides is 3. The zero-order chi connectivity index (χ0) is 14.8. The van der Waals surface area contributed by atoms with Crippen LogP contribution in [-0.2, 0) is 17.5 Å². The Hall–Kier alpha value is -1.34. The van der Waals surface area contributed by atoms with Gasteiger partial charge in [0.05, 0.1) is 0 Å². The minimum Gasteiger partial charge on any atom is -0.381 e. The number of ether oxygens (including phenoxy) is 1. The van der Waals surface area contributed by atoms with Crippen LogP contribution in [0.5, 0.6) is 0 Å². The maximum Gasteiger partial charge on any atom is 0.433 e. The van der Waals surface area contributed by atoms with Crippen LogP contribution in [0.15, 0.2) is 12.1 Å². The molecule has 0 atom stereocenters. The Bertz CT molecular complexity index is 459. The molecule has 1 aliphatic heterocycles. The highest BCUT2D eigenvalue weighted by Crippen LogP contribution is 2.31. The van der Waals surface area contributed by atoms with E-state index < -0.39 is 11.9 Å². The van der Waals surface area contributed by atoms with Crippen LogP contribution in [0.3, 0.4) is 0 Å². The van der Waals surface area contributed by atoms with Gasteiger partial charge >= 0.3 is 6.18 Å². The molecule has 1 aromatic heterocycles. The molecular weight excluding hydrogens is 271 g/mol. The first kappa shape index (κ1) is 15.1. The van der Waals surface area contributed by atoms with E-state index in [4.69, 9.17) is 10.5 Å². The van der Waals surface area contributed by atoms with Crippen LogP contribution >= 0.6 is 0 Å².